The van der Waals surface area contributed by atoms with E-state index in [1.165, 1.54) is 31.4 Å². The first-order valence-corrected chi connectivity index (χ1v) is 8.34. The van der Waals surface area contributed by atoms with Crippen LogP contribution in [0.3, 0.4) is 0 Å². The summed E-state index contributed by atoms with van der Waals surface area (Å²) in [4.78, 5) is 22.9. The number of hydrogen-bond acceptors (Lipinski definition) is 5. The van der Waals surface area contributed by atoms with Crippen molar-refractivity contribution >= 4 is 41.0 Å². The molecule has 0 fully saturated rings. The van der Waals surface area contributed by atoms with Crippen molar-refractivity contribution in [2.45, 2.75) is 12.8 Å². The van der Waals surface area contributed by atoms with Gasteiger partial charge in [0.1, 0.15) is 17.3 Å². The number of amides is 1. The van der Waals surface area contributed by atoms with Crippen LogP contribution in [0.25, 0.3) is 6.08 Å². The number of furan rings is 1. The van der Waals surface area contributed by atoms with Gasteiger partial charge in [-0.15, -0.1) is 0 Å². The van der Waals surface area contributed by atoms with Crippen LogP contribution in [0.15, 0.2) is 46.9 Å². The fourth-order valence-corrected chi connectivity index (χ4v) is 2.14. The fraction of sp³-hybridized carbons (Fsp3) is 0.167. The zero-order valence-corrected chi connectivity index (χ0v) is 15.3. The van der Waals surface area contributed by atoms with E-state index in [0.717, 1.165) is 0 Å². The summed E-state index contributed by atoms with van der Waals surface area (Å²) in [6.07, 6.45) is 3.32. The van der Waals surface area contributed by atoms with Crippen molar-refractivity contribution in [3.05, 3.63) is 59.8 Å². The highest BCUT2D eigenvalue weighted by Crippen LogP contribution is 2.12. The third kappa shape index (κ3) is 6.90. The smallest absolute Gasteiger partial charge is 0.305 e. The maximum Gasteiger partial charge on any atom is 0.305 e. The second-order valence-electron chi connectivity index (χ2n) is 5.26. The van der Waals surface area contributed by atoms with Gasteiger partial charge >= 0.3 is 5.97 Å². The SMILES string of the molecule is COC(=O)CCc1ccc(/C=C/C(=O)NNC(=S)Nc2ccccc2F)o1. The third-order valence-corrected chi connectivity index (χ3v) is 3.51. The van der Waals surface area contributed by atoms with Crippen molar-refractivity contribution < 1.29 is 23.1 Å². The summed E-state index contributed by atoms with van der Waals surface area (Å²) in [6, 6.07) is 9.40. The van der Waals surface area contributed by atoms with Crippen molar-refractivity contribution in [1.82, 2.24) is 10.9 Å². The Kier molecular flexibility index (Phi) is 7.50. The quantitative estimate of drug-likeness (QED) is 0.302. The Hall–Kier alpha value is -3.20. The van der Waals surface area contributed by atoms with Gasteiger partial charge in [-0.2, -0.15) is 0 Å². The van der Waals surface area contributed by atoms with Crippen molar-refractivity contribution in [2.24, 2.45) is 0 Å². The second-order valence-corrected chi connectivity index (χ2v) is 5.67. The molecule has 9 heteroatoms. The van der Waals surface area contributed by atoms with E-state index in [1.807, 2.05) is 0 Å². The molecule has 0 bridgehead atoms. The predicted molar refractivity (Wildman–Crippen MR) is 102 cm³/mol. The number of carbonyl (C=O) groups is 2. The van der Waals surface area contributed by atoms with Crippen molar-refractivity contribution in [3.8, 4) is 0 Å². The molecule has 0 aliphatic carbocycles. The normalized spacial score (nSPS) is 10.4. The Morgan fingerprint density at radius 1 is 1.22 bits per heavy atom. The molecule has 0 saturated heterocycles. The van der Waals surface area contributed by atoms with E-state index in [-0.39, 0.29) is 23.2 Å². The number of hydrazine groups is 1. The Balaban J connectivity index is 1.76. The molecule has 142 valence electrons. The van der Waals surface area contributed by atoms with Crippen molar-refractivity contribution in [2.75, 3.05) is 12.4 Å². The van der Waals surface area contributed by atoms with Gasteiger partial charge in [-0.05, 0) is 42.6 Å². The largest absolute Gasteiger partial charge is 0.469 e. The Morgan fingerprint density at radius 3 is 2.74 bits per heavy atom. The molecule has 0 unspecified atom stereocenters. The molecule has 1 heterocycles. The van der Waals surface area contributed by atoms with E-state index >= 15 is 0 Å². The summed E-state index contributed by atoms with van der Waals surface area (Å²) in [5, 5.41) is 2.65. The summed E-state index contributed by atoms with van der Waals surface area (Å²) in [5.74, 6) is -0.214. The molecule has 0 aliphatic heterocycles. The zero-order chi connectivity index (χ0) is 19.6. The van der Waals surface area contributed by atoms with Gasteiger partial charge in [-0.25, -0.2) is 4.39 Å². The summed E-state index contributed by atoms with van der Waals surface area (Å²) in [5.41, 5.74) is 4.99. The van der Waals surface area contributed by atoms with E-state index in [9.17, 15) is 14.0 Å². The topological polar surface area (TPSA) is 92.6 Å². The lowest BCUT2D eigenvalue weighted by atomic mass is 10.2. The first-order valence-electron chi connectivity index (χ1n) is 7.93. The molecule has 0 spiro atoms. The van der Waals surface area contributed by atoms with Gasteiger partial charge in [0.25, 0.3) is 5.91 Å². The summed E-state index contributed by atoms with van der Waals surface area (Å²) < 4.78 is 23.5. The van der Waals surface area contributed by atoms with E-state index in [2.05, 4.69) is 20.9 Å². The lowest BCUT2D eigenvalue weighted by Gasteiger charge is -2.10. The lowest BCUT2D eigenvalue weighted by molar-refractivity contribution is -0.140. The maximum atomic E-state index is 13.5. The van der Waals surface area contributed by atoms with Crippen LogP contribution in [0.2, 0.25) is 0 Å². The van der Waals surface area contributed by atoms with Crippen LogP contribution in [-0.4, -0.2) is 24.1 Å². The molecule has 3 N–H and O–H groups in total. The molecule has 2 aromatic rings. The monoisotopic (exact) mass is 391 g/mol. The average molecular weight is 391 g/mol. The van der Waals surface area contributed by atoms with Crippen LogP contribution < -0.4 is 16.2 Å². The van der Waals surface area contributed by atoms with Gasteiger partial charge in [0.05, 0.1) is 19.2 Å². The number of aryl methyl sites for hydroxylation is 1. The first kappa shape index (κ1) is 20.1. The number of anilines is 1. The van der Waals surface area contributed by atoms with Gasteiger partial charge in [0, 0.05) is 12.5 Å². The number of carbonyl (C=O) groups excluding carboxylic acids is 2. The fourth-order valence-electron chi connectivity index (χ4n) is 1.98. The van der Waals surface area contributed by atoms with Gasteiger partial charge in [-0.3, -0.25) is 20.4 Å². The molecule has 27 heavy (non-hydrogen) atoms. The Bertz CT molecular complexity index is 851. The number of hydrogen-bond donors (Lipinski definition) is 3. The molecule has 1 amide bonds. The van der Waals surface area contributed by atoms with Crippen LogP contribution in [0.4, 0.5) is 10.1 Å². The molecule has 0 aliphatic rings. The molecule has 0 radical (unpaired) electrons. The highest BCUT2D eigenvalue weighted by atomic mass is 32.1. The number of thiocarbonyl (C=S) groups is 1. The van der Waals surface area contributed by atoms with Crippen LogP contribution in [-0.2, 0) is 20.7 Å². The Labute approximate surface area is 160 Å². The third-order valence-electron chi connectivity index (χ3n) is 3.31. The predicted octanol–water partition coefficient (Wildman–Crippen LogP) is 2.56. The highest BCUT2D eigenvalue weighted by Gasteiger charge is 2.06. The van der Waals surface area contributed by atoms with Gasteiger partial charge in [0.15, 0.2) is 5.11 Å². The minimum atomic E-state index is -0.486. The minimum Gasteiger partial charge on any atom is -0.469 e. The number of ether oxygens (including phenoxy) is 1. The number of rotatable bonds is 6. The van der Waals surface area contributed by atoms with E-state index < -0.39 is 11.7 Å². The number of para-hydroxylation sites is 1. The molecule has 1 aromatic carbocycles. The van der Waals surface area contributed by atoms with Crippen LogP contribution in [0.1, 0.15) is 17.9 Å². The van der Waals surface area contributed by atoms with E-state index in [0.29, 0.717) is 17.9 Å². The number of methoxy groups -OCH3 is 1. The van der Waals surface area contributed by atoms with E-state index in [4.69, 9.17) is 16.6 Å². The molecule has 1 aromatic heterocycles. The number of nitrogens with one attached hydrogen (secondary N) is 3. The summed E-state index contributed by atoms with van der Waals surface area (Å²) >= 11 is 4.97. The van der Waals surface area contributed by atoms with E-state index in [1.54, 1.807) is 24.3 Å². The second kappa shape index (κ2) is 10.1. The first-order chi connectivity index (χ1) is 13.0. The standard InChI is InChI=1S/C18H18FN3O4S/c1-25-17(24)11-9-13-7-6-12(26-13)8-10-16(23)21-22-18(27)20-15-5-3-2-4-14(15)19/h2-8,10H,9,11H2,1H3,(H,21,23)(H2,20,22,27)/b10-8+. The molecule has 2 rings (SSSR count). The van der Waals surface area contributed by atoms with Crippen LogP contribution in [0.5, 0.6) is 0 Å². The molecule has 0 atom stereocenters. The zero-order valence-electron chi connectivity index (χ0n) is 14.5. The maximum absolute atomic E-state index is 13.5. The Morgan fingerprint density at radius 2 is 2.00 bits per heavy atom. The van der Waals surface area contributed by atoms with Crippen LogP contribution >= 0.6 is 12.2 Å². The number of benzene rings is 1. The van der Waals surface area contributed by atoms with Crippen molar-refractivity contribution in [1.29, 1.82) is 0 Å². The molecule has 7 nitrogen and oxygen atoms in total. The van der Waals surface area contributed by atoms with Crippen molar-refractivity contribution in [3.63, 3.8) is 0 Å². The number of halogens is 1. The average Bonchev–Trinajstić information content (AvgIpc) is 3.12. The van der Waals surface area contributed by atoms with Crippen LogP contribution in [0, 0.1) is 5.82 Å². The summed E-state index contributed by atoms with van der Waals surface area (Å²) in [6.45, 7) is 0. The van der Waals surface area contributed by atoms with Gasteiger partial charge < -0.3 is 14.5 Å². The molecular weight excluding hydrogens is 373 g/mol. The summed E-state index contributed by atoms with van der Waals surface area (Å²) in [7, 11) is 1.32. The molecule has 0 saturated carbocycles. The van der Waals surface area contributed by atoms with Gasteiger partial charge in [0.2, 0.25) is 0 Å². The highest BCUT2D eigenvalue weighted by molar-refractivity contribution is 7.80. The number of esters is 1. The van der Waals surface area contributed by atoms with Gasteiger partial charge in [-0.1, -0.05) is 12.1 Å². The lowest BCUT2D eigenvalue weighted by Crippen LogP contribution is -2.43. The molecular formula is C18H18FN3O4S. The minimum absolute atomic E-state index is 0.0324.